The van der Waals surface area contributed by atoms with Gasteiger partial charge in [0.2, 0.25) is 5.95 Å². The predicted octanol–water partition coefficient (Wildman–Crippen LogP) is 5.36. The van der Waals surface area contributed by atoms with Crippen molar-refractivity contribution in [3.63, 3.8) is 0 Å². The van der Waals surface area contributed by atoms with Crippen molar-refractivity contribution >= 4 is 28.6 Å². The average Bonchev–Trinajstić information content (AvgIpc) is 3.21. The number of hydrogen-bond donors (Lipinski definition) is 2. The molecule has 1 amide bonds. The van der Waals surface area contributed by atoms with Crippen molar-refractivity contribution in [1.82, 2.24) is 19.9 Å². The Morgan fingerprint density at radius 3 is 2.72 bits per heavy atom. The van der Waals surface area contributed by atoms with E-state index in [1.165, 1.54) is 29.3 Å². The molecule has 0 saturated carbocycles. The number of fused-ring (bicyclic) bond motifs is 1. The van der Waals surface area contributed by atoms with Crippen molar-refractivity contribution < 1.29 is 27.6 Å². The first-order chi connectivity index (χ1) is 16.8. The Kier molecular flexibility index (Phi) is 6.50. The fourth-order valence-corrected chi connectivity index (χ4v) is 4.12. The number of piperidine rings is 1. The van der Waals surface area contributed by atoms with Crippen LogP contribution in [0.4, 0.5) is 29.6 Å². The molecule has 36 heavy (non-hydrogen) atoms. The number of likely N-dealkylation sites (tertiary alicyclic amines) is 1. The number of H-pyrrole nitrogens is 1. The van der Waals surface area contributed by atoms with E-state index in [4.69, 9.17) is 4.74 Å². The molecule has 1 fully saturated rings. The van der Waals surface area contributed by atoms with Crippen molar-refractivity contribution in [2.75, 3.05) is 18.4 Å². The average molecular weight is 506 g/mol. The van der Waals surface area contributed by atoms with Crippen LogP contribution in [0.15, 0.2) is 30.6 Å². The molecule has 1 saturated heterocycles. The number of benzene rings is 1. The summed E-state index contributed by atoms with van der Waals surface area (Å²) in [5.74, 6) is -0.0474. The SMILES string of the molecule is CC(C)(C)OC(=O)N1CCC[C@H](Nc2ncc(C(F)(F)F)c(-c3c[nH]c4c([N+](=O)[O-])cccc34)n2)C1. The Bertz CT molecular complexity index is 1300. The van der Waals surface area contributed by atoms with Gasteiger partial charge in [0, 0.05) is 48.5 Å². The molecule has 0 spiro atoms. The molecule has 13 heteroatoms. The number of carbonyl (C=O) groups excluding carboxylic acids is 1. The number of nitro benzene ring substituents is 1. The van der Waals surface area contributed by atoms with Gasteiger partial charge in [0.1, 0.15) is 16.7 Å². The molecule has 3 heterocycles. The van der Waals surface area contributed by atoms with Gasteiger partial charge in [-0.3, -0.25) is 10.1 Å². The molecule has 192 valence electrons. The number of anilines is 1. The maximum atomic E-state index is 13.8. The normalized spacial score (nSPS) is 16.7. The second-order valence-corrected chi connectivity index (χ2v) is 9.52. The molecule has 1 aromatic carbocycles. The van der Waals surface area contributed by atoms with E-state index >= 15 is 0 Å². The van der Waals surface area contributed by atoms with Gasteiger partial charge in [-0.05, 0) is 33.6 Å². The van der Waals surface area contributed by atoms with E-state index in [1.807, 2.05) is 0 Å². The summed E-state index contributed by atoms with van der Waals surface area (Å²) >= 11 is 0. The van der Waals surface area contributed by atoms with Crippen molar-refractivity contribution in [3.8, 4) is 11.3 Å². The molecular formula is C23H25F3N6O4. The van der Waals surface area contributed by atoms with Gasteiger partial charge in [-0.15, -0.1) is 0 Å². The van der Waals surface area contributed by atoms with Crippen LogP contribution in [0.3, 0.4) is 0 Å². The van der Waals surface area contributed by atoms with Crippen LogP contribution >= 0.6 is 0 Å². The van der Waals surface area contributed by atoms with E-state index in [0.717, 1.165) is 0 Å². The van der Waals surface area contributed by atoms with Gasteiger partial charge in [-0.2, -0.15) is 13.2 Å². The van der Waals surface area contributed by atoms with Crippen molar-refractivity contribution in [2.45, 2.75) is 51.4 Å². The second kappa shape index (κ2) is 9.28. The zero-order valence-corrected chi connectivity index (χ0v) is 19.8. The van der Waals surface area contributed by atoms with Crippen molar-refractivity contribution in [1.29, 1.82) is 0 Å². The third kappa shape index (κ3) is 5.34. The number of halogens is 3. The summed E-state index contributed by atoms with van der Waals surface area (Å²) < 4.78 is 46.9. The van der Waals surface area contributed by atoms with Gasteiger partial charge in [-0.25, -0.2) is 14.8 Å². The maximum Gasteiger partial charge on any atom is 0.419 e. The smallest absolute Gasteiger partial charge is 0.419 e. The molecule has 2 aromatic heterocycles. The van der Waals surface area contributed by atoms with Gasteiger partial charge >= 0.3 is 12.3 Å². The van der Waals surface area contributed by atoms with E-state index in [9.17, 15) is 28.1 Å². The number of aromatic amines is 1. The largest absolute Gasteiger partial charge is 0.444 e. The van der Waals surface area contributed by atoms with Gasteiger partial charge in [0.25, 0.3) is 5.69 Å². The molecule has 0 bridgehead atoms. The quantitative estimate of drug-likeness (QED) is 0.360. The maximum absolute atomic E-state index is 13.8. The summed E-state index contributed by atoms with van der Waals surface area (Å²) in [5.41, 5.74) is -2.24. The van der Waals surface area contributed by atoms with Crippen LogP contribution in [0.2, 0.25) is 0 Å². The number of para-hydroxylation sites is 1. The first-order valence-corrected chi connectivity index (χ1v) is 11.3. The lowest BCUT2D eigenvalue weighted by atomic mass is 10.0. The molecule has 10 nitrogen and oxygen atoms in total. The first kappa shape index (κ1) is 25.2. The van der Waals surface area contributed by atoms with Crippen molar-refractivity contribution in [3.05, 3.63) is 46.3 Å². The molecule has 0 unspecified atom stereocenters. The summed E-state index contributed by atoms with van der Waals surface area (Å²) in [6.45, 7) is 6.07. The Morgan fingerprint density at radius 2 is 2.06 bits per heavy atom. The molecule has 3 aromatic rings. The fourth-order valence-electron chi connectivity index (χ4n) is 4.12. The summed E-state index contributed by atoms with van der Waals surface area (Å²) in [6, 6.07) is 3.85. The molecule has 4 rings (SSSR count). The minimum atomic E-state index is -4.75. The number of amides is 1. The Labute approximate surface area is 204 Å². The predicted molar refractivity (Wildman–Crippen MR) is 125 cm³/mol. The minimum Gasteiger partial charge on any atom is -0.444 e. The number of nitrogens with zero attached hydrogens (tertiary/aromatic N) is 4. The summed E-state index contributed by atoms with van der Waals surface area (Å²) in [7, 11) is 0. The third-order valence-corrected chi connectivity index (χ3v) is 5.65. The van der Waals surface area contributed by atoms with Gasteiger partial charge < -0.3 is 19.9 Å². The van der Waals surface area contributed by atoms with Crippen molar-refractivity contribution in [2.24, 2.45) is 0 Å². The van der Waals surface area contributed by atoms with Crippen LogP contribution in [0, 0.1) is 10.1 Å². The van der Waals surface area contributed by atoms with Crippen LogP contribution in [0.1, 0.15) is 39.2 Å². The minimum absolute atomic E-state index is 0.0474. The Balaban J connectivity index is 1.66. The number of nitrogens with one attached hydrogen (secondary N) is 2. The zero-order valence-electron chi connectivity index (χ0n) is 19.8. The third-order valence-electron chi connectivity index (χ3n) is 5.65. The number of aromatic nitrogens is 3. The van der Waals surface area contributed by atoms with E-state index < -0.39 is 34.1 Å². The van der Waals surface area contributed by atoms with E-state index in [1.54, 1.807) is 20.8 Å². The molecular weight excluding hydrogens is 481 g/mol. The number of nitro groups is 1. The molecule has 0 aliphatic carbocycles. The summed E-state index contributed by atoms with van der Waals surface area (Å²) in [6.07, 6.45) is -1.95. The number of carbonyl (C=O) groups is 1. The molecule has 1 atom stereocenters. The fraction of sp³-hybridized carbons (Fsp3) is 0.435. The highest BCUT2D eigenvalue weighted by Gasteiger charge is 2.37. The lowest BCUT2D eigenvalue weighted by molar-refractivity contribution is -0.383. The zero-order chi connectivity index (χ0) is 26.3. The number of rotatable bonds is 4. The first-order valence-electron chi connectivity index (χ1n) is 11.3. The Morgan fingerprint density at radius 1 is 1.31 bits per heavy atom. The van der Waals surface area contributed by atoms with Gasteiger partial charge in [0.05, 0.1) is 10.6 Å². The van der Waals surface area contributed by atoms with Gasteiger partial charge in [0.15, 0.2) is 0 Å². The lowest BCUT2D eigenvalue weighted by Crippen LogP contribution is -2.47. The number of ether oxygens (including phenoxy) is 1. The van der Waals surface area contributed by atoms with Crippen LogP contribution in [0.25, 0.3) is 22.2 Å². The molecule has 1 aliphatic rings. The summed E-state index contributed by atoms with van der Waals surface area (Å²) in [4.78, 5) is 35.5. The number of hydrogen-bond acceptors (Lipinski definition) is 7. The molecule has 0 radical (unpaired) electrons. The highest BCUT2D eigenvalue weighted by Crippen LogP contribution is 2.40. The van der Waals surface area contributed by atoms with Crippen LogP contribution < -0.4 is 5.32 Å². The van der Waals surface area contributed by atoms with Crippen LogP contribution in [-0.2, 0) is 10.9 Å². The molecule has 2 N–H and O–H groups in total. The molecule has 1 aliphatic heterocycles. The number of alkyl halides is 3. The summed E-state index contributed by atoms with van der Waals surface area (Å²) in [5, 5.41) is 14.6. The van der Waals surface area contributed by atoms with E-state index in [2.05, 4.69) is 20.3 Å². The lowest BCUT2D eigenvalue weighted by Gasteiger charge is -2.34. The standard InChI is InChI=1S/C23H25F3N6O4/c1-22(2,3)36-21(33)31-9-5-6-13(12-31)29-20-28-11-16(23(24,25)26)18(30-20)15-10-27-19-14(15)7-4-8-17(19)32(34)35/h4,7-8,10-11,13,27H,5-6,9,12H2,1-3H3,(H,28,29,30)/t13-/m0/s1. The Hall–Kier alpha value is -3.90. The highest BCUT2D eigenvalue weighted by atomic mass is 19.4. The topological polar surface area (TPSA) is 126 Å². The highest BCUT2D eigenvalue weighted by molar-refractivity contribution is 5.99. The number of non-ortho nitro benzene ring substituents is 1. The second-order valence-electron chi connectivity index (χ2n) is 9.52. The van der Waals surface area contributed by atoms with Crippen LogP contribution in [-0.4, -0.2) is 55.6 Å². The van der Waals surface area contributed by atoms with E-state index in [-0.39, 0.29) is 40.7 Å². The van der Waals surface area contributed by atoms with E-state index in [0.29, 0.717) is 25.6 Å². The van der Waals surface area contributed by atoms with Gasteiger partial charge in [-0.1, -0.05) is 12.1 Å². The monoisotopic (exact) mass is 506 g/mol. The van der Waals surface area contributed by atoms with Crippen LogP contribution in [0.5, 0.6) is 0 Å².